The Kier molecular flexibility index (Phi) is 4.10. The first-order valence-electron chi connectivity index (χ1n) is 6.35. The third-order valence-electron chi connectivity index (χ3n) is 3.03. The lowest BCUT2D eigenvalue weighted by Crippen LogP contribution is -2.13. The van der Waals surface area contributed by atoms with Crippen molar-refractivity contribution in [3.63, 3.8) is 0 Å². The van der Waals surface area contributed by atoms with Gasteiger partial charge in [-0.05, 0) is 50.1 Å². The molecule has 0 saturated heterocycles. The maximum atomic E-state index is 11.7. The number of Topliss-reactive ketones (excluding diaryl/α,β-unsaturated/α-hetero) is 1. The molecule has 0 heterocycles. The van der Waals surface area contributed by atoms with Crippen LogP contribution in [0.4, 0.5) is 5.69 Å². The summed E-state index contributed by atoms with van der Waals surface area (Å²) >= 11 is 0. The predicted molar refractivity (Wildman–Crippen MR) is 70.4 cm³/mol. The van der Waals surface area contributed by atoms with Gasteiger partial charge in [-0.2, -0.15) is 0 Å². The first-order chi connectivity index (χ1) is 8.70. The standard InChI is InChI=1S/C14H18N2O2/c15-9-1-2-13(17)10-5-7-12(8-6-10)16-14(18)11-3-4-11/h5-8,11H,1-4,9,15H2,(H,16,18). The van der Waals surface area contributed by atoms with Crippen LogP contribution in [0.15, 0.2) is 24.3 Å². The molecule has 1 aromatic carbocycles. The highest BCUT2D eigenvalue weighted by Crippen LogP contribution is 2.30. The Morgan fingerprint density at radius 1 is 1.22 bits per heavy atom. The molecule has 1 amide bonds. The minimum absolute atomic E-state index is 0.0807. The van der Waals surface area contributed by atoms with E-state index in [4.69, 9.17) is 5.73 Å². The molecule has 4 nitrogen and oxygen atoms in total. The van der Waals surface area contributed by atoms with Gasteiger partial charge in [0.25, 0.3) is 0 Å². The van der Waals surface area contributed by atoms with E-state index < -0.39 is 0 Å². The average Bonchev–Trinajstić information content (AvgIpc) is 3.21. The van der Waals surface area contributed by atoms with Gasteiger partial charge in [-0.3, -0.25) is 9.59 Å². The second-order valence-corrected chi connectivity index (χ2v) is 4.66. The molecular weight excluding hydrogens is 228 g/mol. The van der Waals surface area contributed by atoms with Crippen molar-refractivity contribution in [2.24, 2.45) is 11.7 Å². The van der Waals surface area contributed by atoms with Crippen LogP contribution in [0.2, 0.25) is 0 Å². The number of hydrogen-bond acceptors (Lipinski definition) is 3. The number of hydrogen-bond donors (Lipinski definition) is 2. The van der Waals surface area contributed by atoms with Gasteiger partial charge < -0.3 is 11.1 Å². The van der Waals surface area contributed by atoms with Crippen molar-refractivity contribution in [1.29, 1.82) is 0 Å². The Morgan fingerprint density at radius 2 is 1.89 bits per heavy atom. The van der Waals surface area contributed by atoms with Gasteiger partial charge in [0.2, 0.25) is 5.91 Å². The third-order valence-corrected chi connectivity index (χ3v) is 3.03. The number of benzene rings is 1. The van der Waals surface area contributed by atoms with Crippen LogP contribution in [-0.2, 0) is 4.79 Å². The number of carbonyl (C=O) groups excluding carboxylic acids is 2. The van der Waals surface area contributed by atoms with Crippen molar-refractivity contribution in [3.8, 4) is 0 Å². The molecule has 0 bridgehead atoms. The number of nitrogens with one attached hydrogen (secondary N) is 1. The number of rotatable bonds is 6. The predicted octanol–water partition coefficient (Wildman–Crippen LogP) is 1.96. The average molecular weight is 246 g/mol. The molecule has 0 aliphatic heterocycles. The molecule has 18 heavy (non-hydrogen) atoms. The van der Waals surface area contributed by atoms with Crippen molar-refractivity contribution >= 4 is 17.4 Å². The number of ketones is 1. The molecule has 1 aliphatic carbocycles. The summed E-state index contributed by atoms with van der Waals surface area (Å²) in [4.78, 5) is 23.3. The molecule has 2 rings (SSSR count). The van der Waals surface area contributed by atoms with Gasteiger partial charge in [-0.15, -0.1) is 0 Å². The van der Waals surface area contributed by atoms with E-state index in [1.54, 1.807) is 24.3 Å². The van der Waals surface area contributed by atoms with Gasteiger partial charge in [-0.1, -0.05) is 0 Å². The first-order valence-corrected chi connectivity index (χ1v) is 6.35. The largest absolute Gasteiger partial charge is 0.330 e. The molecule has 1 fully saturated rings. The molecule has 0 radical (unpaired) electrons. The summed E-state index contributed by atoms with van der Waals surface area (Å²) in [6.45, 7) is 0.529. The zero-order chi connectivity index (χ0) is 13.0. The molecule has 4 heteroatoms. The fourth-order valence-electron chi connectivity index (χ4n) is 1.74. The summed E-state index contributed by atoms with van der Waals surface area (Å²) in [6, 6.07) is 7.05. The Bertz CT molecular complexity index is 436. The van der Waals surface area contributed by atoms with Crippen LogP contribution in [0.25, 0.3) is 0 Å². The summed E-state index contributed by atoms with van der Waals surface area (Å²) in [7, 11) is 0. The highest BCUT2D eigenvalue weighted by atomic mass is 16.2. The topological polar surface area (TPSA) is 72.2 Å². The zero-order valence-electron chi connectivity index (χ0n) is 10.3. The summed E-state index contributed by atoms with van der Waals surface area (Å²) in [6.07, 6.45) is 3.16. The Hall–Kier alpha value is -1.68. The molecular formula is C14H18N2O2. The van der Waals surface area contributed by atoms with Crippen LogP contribution >= 0.6 is 0 Å². The van der Waals surface area contributed by atoms with Gasteiger partial charge >= 0.3 is 0 Å². The van der Waals surface area contributed by atoms with E-state index >= 15 is 0 Å². The lowest BCUT2D eigenvalue weighted by molar-refractivity contribution is -0.117. The molecule has 0 atom stereocenters. The van der Waals surface area contributed by atoms with Crippen LogP contribution in [0, 0.1) is 5.92 Å². The van der Waals surface area contributed by atoms with E-state index in [-0.39, 0.29) is 17.6 Å². The van der Waals surface area contributed by atoms with Crippen molar-refractivity contribution in [3.05, 3.63) is 29.8 Å². The van der Waals surface area contributed by atoms with E-state index in [0.717, 1.165) is 18.5 Å². The highest BCUT2D eigenvalue weighted by molar-refractivity contribution is 5.97. The lowest BCUT2D eigenvalue weighted by atomic mass is 10.1. The number of anilines is 1. The van der Waals surface area contributed by atoms with Gasteiger partial charge in [0, 0.05) is 23.6 Å². The minimum atomic E-state index is 0.0807. The Balaban J connectivity index is 1.92. The summed E-state index contributed by atoms with van der Waals surface area (Å²) in [5.41, 5.74) is 6.79. The van der Waals surface area contributed by atoms with Gasteiger partial charge in [0.05, 0.1) is 0 Å². The Labute approximate surface area is 107 Å². The molecule has 1 saturated carbocycles. The monoisotopic (exact) mass is 246 g/mol. The summed E-state index contributed by atoms with van der Waals surface area (Å²) < 4.78 is 0. The molecule has 96 valence electrons. The SMILES string of the molecule is NCCCC(=O)c1ccc(NC(=O)C2CC2)cc1. The molecule has 1 aliphatic rings. The van der Waals surface area contributed by atoms with Crippen molar-refractivity contribution in [2.75, 3.05) is 11.9 Å². The number of carbonyl (C=O) groups is 2. The maximum absolute atomic E-state index is 11.7. The number of amides is 1. The molecule has 0 spiro atoms. The quantitative estimate of drug-likeness (QED) is 0.754. The van der Waals surface area contributed by atoms with E-state index in [0.29, 0.717) is 24.9 Å². The number of nitrogens with two attached hydrogens (primary N) is 1. The second kappa shape index (κ2) is 5.78. The van der Waals surface area contributed by atoms with Crippen molar-refractivity contribution in [2.45, 2.75) is 25.7 Å². The van der Waals surface area contributed by atoms with Crippen LogP contribution in [0.5, 0.6) is 0 Å². The molecule has 3 N–H and O–H groups in total. The summed E-state index contributed by atoms with van der Waals surface area (Å²) in [5, 5.41) is 2.84. The maximum Gasteiger partial charge on any atom is 0.227 e. The highest BCUT2D eigenvalue weighted by Gasteiger charge is 2.29. The Morgan fingerprint density at radius 3 is 2.44 bits per heavy atom. The fourth-order valence-corrected chi connectivity index (χ4v) is 1.74. The zero-order valence-corrected chi connectivity index (χ0v) is 10.3. The van der Waals surface area contributed by atoms with Crippen LogP contribution < -0.4 is 11.1 Å². The fraction of sp³-hybridized carbons (Fsp3) is 0.429. The minimum Gasteiger partial charge on any atom is -0.330 e. The van der Waals surface area contributed by atoms with Gasteiger partial charge in [0.15, 0.2) is 5.78 Å². The van der Waals surface area contributed by atoms with E-state index in [1.807, 2.05) is 0 Å². The molecule has 1 aromatic rings. The second-order valence-electron chi connectivity index (χ2n) is 4.66. The summed E-state index contributed by atoms with van der Waals surface area (Å²) in [5.74, 6) is 0.369. The van der Waals surface area contributed by atoms with E-state index in [2.05, 4.69) is 5.32 Å². The smallest absolute Gasteiger partial charge is 0.227 e. The van der Waals surface area contributed by atoms with Crippen molar-refractivity contribution < 1.29 is 9.59 Å². The third kappa shape index (κ3) is 3.40. The van der Waals surface area contributed by atoms with E-state index in [9.17, 15) is 9.59 Å². The first kappa shape index (κ1) is 12.8. The molecule has 0 unspecified atom stereocenters. The van der Waals surface area contributed by atoms with E-state index in [1.165, 1.54) is 0 Å². The van der Waals surface area contributed by atoms with Gasteiger partial charge in [0.1, 0.15) is 0 Å². The van der Waals surface area contributed by atoms with Crippen LogP contribution in [0.1, 0.15) is 36.0 Å². The van der Waals surface area contributed by atoms with Crippen LogP contribution in [-0.4, -0.2) is 18.2 Å². The molecule has 0 aromatic heterocycles. The normalized spacial score (nSPS) is 14.3. The van der Waals surface area contributed by atoms with Gasteiger partial charge in [-0.25, -0.2) is 0 Å². The van der Waals surface area contributed by atoms with Crippen LogP contribution in [0.3, 0.4) is 0 Å². The van der Waals surface area contributed by atoms with Crippen molar-refractivity contribution in [1.82, 2.24) is 0 Å². The lowest BCUT2D eigenvalue weighted by Gasteiger charge is -2.05.